The number of rotatable bonds is 4. The number of nitrogens with zero attached hydrogens (tertiary/aromatic N) is 2. The highest BCUT2D eigenvalue weighted by Gasteiger charge is 2.39. The Morgan fingerprint density at radius 3 is 2.69 bits per heavy atom. The molecule has 0 spiro atoms. The molecule has 0 bridgehead atoms. The van der Waals surface area contributed by atoms with Crippen molar-refractivity contribution in [1.82, 2.24) is 15.0 Å². The van der Waals surface area contributed by atoms with E-state index >= 15 is 0 Å². The van der Waals surface area contributed by atoms with Gasteiger partial charge in [-0.2, -0.15) is 0 Å². The summed E-state index contributed by atoms with van der Waals surface area (Å²) in [6.07, 6.45) is 9.86. The predicted octanol–water partition coefficient (Wildman–Crippen LogP) is 2.40. The molecule has 1 aromatic carbocycles. The van der Waals surface area contributed by atoms with E-state index in [2.05, 4.69) is 21.8 Å². The first-order valence-corrected chi connectivity index (χ1v) is 9.49. The molecule has 1 fully saturated rings. The zero-order valence-electron chi connectivity index (χ0n) is 14.7. The van der Waals surface area contributed by atoms with Gasteiger partial charge < -0.3 is 22.2 Å². The fraction of sp³-hybridized carbons (Fsp3) is 0.421. The van der Waals surface area contributed by atoms with E-state index in [1.54, 1.807) is 6.20 Å². The van der Waals surface area contributed by atoms with Crippen LogP contribution in [0.5, 0.6) is 0 Å². The van der Waals surface area contributed by atoms with Gasteiger partial charge in [-0.1, -0.05) is 23.7 Å². The number of halogens is 1. The molecule has 7 heteroatoms. The highest BCUT2D eigenvalue weighted by molar-refractivity contribution is 6.30. The van der Waals surface area contributed by atoms with E-state index in [1.807, 2.05) is 35.1 Å². The number of imidazole rings is 1. The lowest BCUT2D eigenvalue weighted by molar-refractivity contribution is 0.238. The highest BCUT2D eigenvalue weighted by atomic mass is 35.5. The normalized spacial score (nSPS) is 28.0. The van der Waals surface area contributed by atoms with Gasteiger partial charge in [0.25, 0.3) is 0 Å². The Bertz CT molecular complexity index is 791. The molecule has 0 radical (unpaired) electrons. The molecular formula is C19H25ClN6. The molecule has 0 saturated heterocycles. The van der Waals surface area contributed by atoms with Crippen LogP contribution in [0.2, 0.25) is 5.02 Å². The molecule has 26 heavy (non-hydrogen) atoms. The van der Waals surface area contributed by atoms with Crippen LogP contribution in [0.4, 0.5) is 0 Å². The SMILES string of the molecule is NC1CCC(C2(N)C=C(NCc3ccc(Cl)cc3)c3nccn3N2)CC1. The molecule has 1 saturated carbocycles. The maximum atomic E-state index is 6.80. The topological polar surface area (TPSA) is 93.9 Å². The molecule has 6 nitrogen and oxygen atoms in total. The standard InChI is InChI=1S/C19H25ClN6/c20-15-5-1-13(2-6-15)12-24-17-11-19(22,14-3-7-16(21)8-4-14)25-26-10-9-23-18(17)26/h1-2,5-6,9-11,14,16,24-25H,3-4,7-8,12,21-22H2. The summed E-state index contributed by atoms with van der Waals surface area (Å²) >= 11 is 5.97. The third-order valence-corrected chi connectivity index (χ3v) is 5.67. The Kier molecular flexibility index (Phi) is 4.65. The van der Waals surface area contributed by atoms with Crippen molar-refractivity contribution in [1.29, 1.82) is 0 Å². The zero-order valence-corrected chi connectivity index (χ0v) is 15.4. The fourth-order valence-electron chi connectivity index (χ4n) is 3.87. The van der Waals surface area contributed by atoms with Crippen molar-refractivity contribution in [2.75, 3.05) is 5.43 Å². The first-order chi connectivity index (χ1) is 12.5. The van der Waals surface area contributed by atoms with E-state index < -0.39 is 5.66 Å². The van der Waals surface area contributed by atoms with Gasteiger partial charge in [-0.3, -0.25) is 0 Å². The fourth-order valence-corrected chi connectivity index (χ4v) is 4.00. The average Bonchev–Trinajstić information content (AvgIpc) is 3.09. The Morgan fingerprint density at radius 2 is 1.96 bits per heavy atom. The number of fused-ring (bicyclic) bond motifs is 1. The Morgan fingerprint density at radius 1 is 1.23 bits per heavy atom. The van der Waals surface area contributed by atoms with Crippen LogP contribution in [0.3, 0.4) is 0 Å². The molecule has 2 aromatic rings. The van der Waals surface area contributed by atoms with Crippen LogP contribution in [0.1, 0.15) is 37.1 Å². The molecule has 138 valence electrons. The summed E-state index contributed by atoms with van der Waals surface area (Å²) in [6, 6.07) is 8.13. The minimum Gasteiger partial charge on any atom is -0.378 e. The summed E-state index contributed by atoms with van der Waals surface area (Å²) in [5.41, 5.74) is 17.8. The summed E-state index contributed by atoms with van der Waals surface area (Å²) in [5.74, 6) is 1.18. The van der Waals surface area contributed by atoms with E-state index in [0.717, 1.165) is 47.8 Å². The van der Waals surface area contributed by atoms with Crippen LogP contribution in [0, 0.1) is 5.92 Å². The number of nitrogens with one attached hydrogen (secondary N) is 2. The second-order valence-electron chi connectivity index (χ2n) is 7.32. The molecule has 1 aliphatic carbocycles. The van der Waals surface area contributed by atoms with Crippen molar-refractivity contribution >= 4 is 17.3 Å². The number of benzene rings is 1. The molecule has 1 atom stereocenters. The summed E-state index contributed by atoms with van der Waals surface area (Å²) in [6.45, 7) is 0.682. The van der Waals surface area contributed by atoms with Crippen molar-refractivity contribution in [3.63, 3.8) is 0 Å². The van der Waals surface area contributed by atoms with Crippen molar-refractivity contribution < 1.29 is 0 Å². The van der Waals surface area contributed by atoms with E-state index in [1.165, 1.54) is 0 Å². The monoisotopic (exact) mass is 372 g/mol. The smallest absolute Gasteiger partial charge is 0.174 e. The van der Waals surface area contributed by atoms with Gasteiger partial charge in [-0.25, -0.2) is 9.66 Å². The van der Waals surface area contributed by atoms with Crippen LogP contribution in [-0.4, -0.2) is 21.4 Å². The lowest BCUT2D eigenvalue weighted by atomic mass is 9.78. The maximum absolute atomic E-state index is 6.80. The van der Waals surface area contributed by atoms with Gasteiger partial charge in [0.05, 0.1) is 5.70 Å². The first kappa shape index (κ1) is 17.4. The van der Waals surface area contributed by atoms with E-state index in [4.69, 9.17) is 23.1 Å². The number of nitrogens with two attached hydrogens (primary N) is 2. The second-order valence-corrected chi connectivity index (χ2v) is 7.75. The van der Waals surface area contributed by atoms with Crippen LogP contribution >= 0.6 is 11.6 Å². The van der Waals surface area contributed by atoms with Crippen molar-refractivity contribution in [2.45, 2.75) is 43.9 Å². The molecule has 4 rings (SSSR count). The third kappa shape index (κ3) is 3.45. The predicted molar refractivity (Wildman–Crippen MR) is 105 cm³/mol. The van der Waals surface area contributed by atoms with Gasteiger partial charge in [0, 0.05) is 35.9 Å². The minimum atomic E-state index is -0.615. The summed E-state index contributed by atoms with van der Waals surface area (Å²) in [4.78, 5) is 4.46. The lowest BCUT2D eigenvalue weighted by Crippen LogP contribution is -2.59. The molecule has 1 aromatic heterocycles. The largest absolute Gasteiger partial charge is 0.378 e. The van der Waals surface area contributed by atoms with Crippen LogP contribution in [0.25, 0.3) is 5.70 Å². The van der Waals surface area contributed by atoms with Crippen molar-refractivity contribution in [3.05, 3.63) is 59.1 Å². The molecule has 6 N–H and O–H groups in total. The number of hydrogen-bond acceptors (Lipinski definition) is 5. The summed E-state index contributed by atoms with van der Waals surface area (Å²) in [5, 5.41) is 4.23. The van der Waals surface area contributed by atoms with Crippen LogP contribution in [0.15, 0.2) is 42.7 Å². The molecule has 2 heterocycles. The van der Waals surface area contributed by atoms with Crippen LogP contribution in [-0.2, 0) is 6.54 Å². The van der Waals surface area contributed by atoms with Gasteiger partial charge in [-0.15, -0.1) is 0 Å². The zero-order chi connectivity index (χ0) is 18.1. The van der Waals surface area contributed by atoms with Crippen LogP contribution < -0.4 is 22.2 Å². The first-order valence-electron chi connectivity index (χ1n) is 9.11. The van der Waals surface area contributed by atoms with Gasteiger partial charge >= 0.3 is 0 Å². The molecule has 1 aliphatic heterocycles. The van der Waals surface area contributed by atoms with Gasteiger partial charge in [0.1, 0.15) is 5.66 Å². The van der Waals surface area contributed by atoms with Gasteiger partial charge in [0.15, 0.2) is 5.82 Å². The molecule has 2 aliphatic rings. The average molecular weight is 373 g/mol. The second kappa shape index (κ2) is 6.95. The number of aromatic nitrogens is 2. The molecule has 0 amide bonds. The van der Waals surface area contributed by atoms with Gasteiger partial charge in [-0.05, 0) is 49.5 Å². The molecular weight excluding hydrogens is 348 g/mol. The minimum absolute atomic E-state index is 0.300. The van der Waals surface area contributed by atoms with E-state index in [9.17, 15) is 0 Å². The maximum Gasteiger partial charge on any atom is 0.174 e. The highest BCUT2D eigenvalue weighted by Crippen LogP contribution is 2.34. The van der Waals surface area contributed by atoms with Gasteiger partial charge in [0.2, 0.25) is 0 Å². The third-order valence-electron chi connectivity index (χ3n) is 5.42. The summed E-state index contributed by atoms with van der Waals surface area (Å²) < 4.78 is 1.92. The van der Waals surface area contributed by atoms with Crippen molar-refractivity contribution in [3.8, 4) is 0 Å². The molecule has 1 unspecified atom stereocenters. The Labute approximate surface area is 158 Å². The lowest BCUT2D eigenvalue weighted by Gasteiger charge is -2.42. The Hall–Kier alpha value is -2.02. The summed E-state index contributed by atoms with van der Waals surface area (Å²) in [7, 11) is 0. The number of hydrogen-bond donors (Lipinski definition) is 4. The van der Waals surface area contributed by atoms with Crippen molar-refractivity contribution in [2.24, 2.45) is 17.4 Å². The van der Waals surface area contributed by atoms with E-state index in [-0.39, 0.29) is 0 Å². The quantitative estimate of drug-likeness (QED) is 0.661. The van der Waals surface area contributed by atoms with E-state index in [0.29, 0.717) is 18.5 Å². The Balaban J connectivity index is 1.56.